The Kier molecular flexibility index (Phi) is 4.85. The van der Waals surface area contributed by atoms with Gasteiger partial charge >= 0.3 is 0 Å². The van der Waals surface area contributed by atoms with Crippen LogP contribution in [0, 0.1) is 0 Å². The summed E-state index contributed by atoms with van der Waals surface area (Å²) < 4.78 is 0. The molecule has 0 bridgehead atoms. The Morgan fingerprint density at radius 2 is 1.78 bits per heavy atom. The van der Waals surface area contributed by atoms with Crippen molar-refractivity contribution in [2.45, 2.75) is 6.42 Å². The van der Waals surface area contributed by atoms with Crippen LogP contribution in [0.3, 0.4) is 0 Å². The zero-order chi connectivity index (χ0) is 15.9. The van der Waals surface area contributed by atoms with Crippen LogP contribution in [-0.4, -0.2) is 38.4 Å². The number of hydrogen-bond donors (Lipinski definition) is 2. The van der Waals surface area contributed by atoms with Gasteiger partial charge in [-0.05, 0) is 18.6 Å². The van der Waals surface area contributed by atoms with Crippen LogP contribution in [0.5, 0.6) is 0 Å². The van der Waals surface area contributed by atoms with E-state index in [0.29, 0.717) is 36.0 Å². The summed E-state index contributed by atoms with van der Waals surface area (Å²) in [6.07, 6.45) is 2.33. The van der Waals surface area contributed by atoms with Crippen LogP contribution in [0.2, 0.25) is 0 Å². The third-order valence-corrected chi connectivity index (χ3v) is 3.26. The molecule has 0 amide bonds. The zero-order valence-corrected chi connectivity index (χ0v) is 12.6. The highest BCUT2D eigenvalue weighted by Gasteiger charge is 2.12. The first-order valence-corrected chi connectivity index (χ1v) is 7.45. The van der Waals surface area contributed by atoms with Crippen molar-refractivity contribution in [2.24, 2.45) is 0 Å². The van der Waals surface area contributed by atoms with Crippen molar-refractivity contribution >= 4 is 5.82 Å². The minimum absolute atomic E-state index is 0.124. The lowest BCUT2D eigenvalue weighted by Crippen LogP contribution is -2.09. The molecule has 0 aliphatic carbocycles. The summed E-state index contributed by atoms with van der Waals surface area (Å²) in [6.45, 7) is 0.732. The van der Waals surface area contributed by atoms with Crippen molar-refractivity contribution in [3.63, 3.8) is 0 Å². The molecule has 0 fully saturated rings. The van der Waals surface area contributed by atoms with Gasteiger partial charge in [0.25, 0.3) is 0 Å². The number of benzene rings is 1. The van der Waals surface area contributed by atoms with Gasteiger partial charge in [0, 0.05) is 24.9 Å². The normalized spacial score (nSPS) is 10.5. The second-order valence-corrected chi connectivity index (χ2v) is 4.92. The number of hydrogen-bond acceptors (Lipinski definition) is 6. The van der Waals surface area contributed by atoms with Gasteiger partial charge in [-0.25, -0.2) is 4.98 Å². The molecule has 2 heterocycles. The molecule has 3 aromatic rings. The molecule has 6 nitrogen and oxygen atoms in total. The van der Waals surface area contributed by atoms with E-state index in [4.69, 9.17) is 5.11 Å². The van der Waals surface area contributed by atoms with E-state index in [0.717, 1.165) is 5.56 Å². The molecule has 0 radical (unpaired) electrons. The standard InChI is InChI=1S/C17H17N5O/c23-12-6-11-19-17-15(13-7-2-1-3-8-13)21-22-16(20-17)14-9-4-5-10-18-14/h1-5,7-10,23H,6,11-12H2,(H,19,20,22). The number of nitrogens with one attached hydrogen (secondary N) is 1. The third kappa shape index (κ3) is 3.67. The number of nitrogens with zero attached hydrogens (tertiary/aromatic N) is 4. The summed E-state index contributed by atoms with van der Waals surface area (Å²) in [5.74, 6) is 1.11. The Balaban J connectivity index is 1.99. The van der Waals surface area contributed by atoms with Crippen LogP contribution in [-0.2, 0) is 0 Å². The lowest BCUT2D eigenvalue weighted by Gasteiger charge is -2.10. The molecule has 2 N–H and O–H groups in total. The van der Waals surface area contributed by atoms with Gasteiger partial charge in [0.15, 0.2) is 5.82 Å². The maximum absolute atomic E-state index is 8.96. The van der Waals surface area contributed by atoms with E-state index in [1.807, 2.05) is 48.5 Å². The van der Waals surface area contributed by atoms with E-state index in [1.54, 1.807) is 6.20 Å². The molecule has 23 heavy (non-hydrogen) atoms. The number of aromatic nitrogens is 4. The van der Waals surface area contributed by atoms with E-state index in [2.05, 4.69) is 25.5 Å². The van der Waals surface area contributed by atoms with Crippen LogP contribution in [0.15, 0.2) is 54.7 Å². The predicted molar refractivity (Wildman–Crippen MR) is 88.7 cm³/mol. The number of rotatable bonds is 6. The minimum atomic E-state index is 0.124. The topological polar surface area (TPSA) is 83.8 Å². The average molecular weight is 307 g/mol. The van der Waals surface area contributed by atoms with Gasteiger partial charge in [-0.1, -0.05) is 36.4 Å². The molecule has 6 heteroatoms. The van der Waals surface area contributed by atoms with Crippen LogP contribution in [0.1, 0.15) is 6.42 Å². The molecule has 0 saturated heterocycles. The summed E-state index contributed by atoms with van der Waals surface area (Å²) >= 11 is 0. The van der Waals surface area contributed by atoms with Gasteiger partial charge in [-0.2, -0.15) is 0 Å². The fourth-order valence-corrected chi connectivity index (χ4v) is 2.13. The van der Waals surface area contributed by atoms with Crippen molar-refractivity contribution in [3.8, 4) is 22.8 Å². The Hall–Kier alpha value is -2.86. The monoisotopic (exact) mass is 307 g/mol. The summed E-state index contributed by atoms with van der Waals surface area (Å²) in [4.78, 5) is 8.82. The largest absolute Gasteiger partial charge is 0.396 e. The van der Waals surface area contributed by atoms with Crippen LogP contribution in [0.4, 0.5) is 5.82 Å². The fourth-order valence-electron chi connectivity index (χ4n) is 2.13. The second-order valence-electron chi connectivity index (χ2n) is 4.92. The fraction of sp³-hybridized carbons (Fsp3) is 0.176. The predicted octanol–water partition coefficient (Wildman–Crippen LogP) is 2.39. The molecule has 3 rings (SSSR count). The summed E-state index contributed by atoms with van der Waals surface area (Å²) in [5.41, 5.74) is 2.29. The Bertz CT molecular complexity index is 749. The highest BCUT2D eigenvalue weighted by molar-refractivity contribution is 5.72. The molecule has 116 valence electrons. The highest BCUT2D eigenvalue weighted by atomic mass is 16.3. The molecule has 0 aliphatic rings. The first kappa shape index (κ1) is 15.1. The molecule has 1 aromatic carbocycles. The highest BCUT2D eigenvalue weighted by Crippen LogP contribution is 2.25. The molecule has 0 atom stereocenters. The van der Waals surface area contributed by atoms with Gasteiger partial charge in [-0.3, -0.25) is 4.98 Å². The Morgan fingerprint density at radius 1 is 0.957 bits per heavy atom. The summed E-state index contributed by atoms with van der Waals surface area (Å²) in [5, 5.41) is 20.7. The number of pyridine rings is 1. The number of aliphatic hydroxyl groups excluding tert-OH is 1. The van der Waals surface area contributed by atoms with E-state index in [1.165, 1.54) is 0 Å². The maximum Gasteiger partial charge on any atom is 0.202 e. The Labute approximate surface area is 134 Å². The number of aliphatic hydroxyl groups is 1. The van der Waals surface area contributed by atoms with Crippen molar-refractivity contribution in [3.05, 3.63) is 54.7 Å². The van der Waals surface area contributed by atoms with Crippen LogP contribution in [0.25, 0.3) is 22.8 Å². The molecule has 2 aromatic heterocycles. The first-order chi connectivity index (χ1) is 11.4. The van der Waals surface area contributed by atoms with Crippen molar-refractivity contribution < 1.29 is 5.11 Å². The van der Waals surface area contributed by atoms with Crippen LogP contribution >= 0.6 is 0 Å². The number of anilines is 1. The van der Waals surface area contributed by atoms with Gasteiger partial charge in [-0.15, -0.1) is 10.2 Å². The molecular weight excluding hydrogens is 290 g/mol. The third-order valence-electron chi connectivity index (χ3n) is 3.26. The SMILES string of the molecule is OCCCNc1nc(-c2ccccn2)nnc1-c1ccccc1. The van der Waals surface area contributed by atoms with Gasteiger partial charge in [0.1, 0.15) is 11.4 Å². The van der Waals surface area contributed by atoms with Gasteiger partial charge in [0.05, 0.1) is 0 Å². The zero-order valence-electron chi connectivity index (χ0n) is 12.6. The van der Waals surface area contributed by atoms with E-state index >= 15 is 0 Å². The molecule has 0 unspecified atom stereocenters. The van der Waals surface area contributed by atoms with E-state index in [9.17, 15) is 0 Å². The van der Waals surface area contributed by atoms with Crippen LogP contribution < -0.4 is 5.32 Å². The quantitative estimate of drug-likeness (QED) is 0.680. The summed E-state index contributed by atoms with van der Waals surface area (Å²) in [7, 11) is 0. The molecule has 0 spiro atoms. The van der Waals surface area contributed by atoms with Crippen molar-refractivity contribution in [1.29, 1.82) is 0 Å². The molecular formula is C17H17N5O. The maximum atomic E-state index is 8.96. The second kappa shape index (κ2) is 7.42. The molecule has 0 aliphatic heterocycles. The smallest absolute Gasteiger partial charge is 0.202 e. The summed E-state index contributed by atoms with van der Waals surface area (Å²) in [6, 6.07) is 15.3. The van der Waals surface area contributed by atoms with Gasteiger partial charge < -0.3 is 10.4 Å². The molecule has 0 saturated carbocycles. The lowest BCUT2D eigenvalue weighted by molar-refractivity contribution is 0.292. The van der Waals surface area contributed by atoms with Crippen molar-refractivity contribution in [1.82, 2.24) is 20.2 Å². The van der Waals surface area contributed by atoms with Gasteiger partial charge in [0.2, 0.25) is 5.82 Å². The van der Waals surface area contributed by atoms with E-state index < -0.39 is 0 Å². The Morgan fingerprint density at radius 3 is 2.52 bits per heavy atom. The van der Waals surface area contributed by atoms with Crippen molar-refractivity contribution in [2.75, 3.05) is 18.5 Å². The van der Waals surface area contributed by atoms with E-state index in [-0.39, 0.29) is 6.61 Å². The first-order valence-electron chi connectivity index (χ1n) is 7.45. The average Bonchev–Trinajstić information content (AvgIpc) is 2.63. The lowest BCUT2D eigenvalue weighted by atomic mass is 10.1. The minimum Gasteiger partial charge on any atom is -0.396 e.